The van der Waals surface area contributed by atoms with Gasteiger partial charge in [-0.25, -0.2) is 0 Å². The van der Waals surface area contributed by atoms with Gasteiger partial charge in [0.05, 0.1) is 5.56 Å². The van der Waals surface area contributed by atoms with Crippen LogP contribution in [-0.2, 0) is 0 Å². The molecule has 0 aliphatic heterocycles. The van der Waals surface area contributed by atoms with Crippen molar-refractivity contribution < 1.29 is 4.79 Å². The number of pyridine rings is 1. The van der Waals surface area contributed by atoms with E-state index in [1.807, 2.05) is 0 Å². The highest BCUT2D eigenvalue weighted by atomic mass is 16.1. The Morgan fingerprint density at radius 1 is 1.47 bits per heavy atom. The summed E-state index contributed by atoms with van der Waals surface area (Å²) in [7, 11) is 2.11. The molecule has 5 nitrogen and oxygen atoms in total. The number of carbonyl (C=O) groups excluding carboxylic acids is 1. The van der Waals surface area contributed by atoms with E-state index in [4.69, 9.17) is 5.73 Å². The topological polar surface area (TPSA) is 71.2 Å². The van der Waals surface area contributed by atoms with Gasteiger partial charge >= 0.3 is 0 Å². The molecule has 0 saturated carbocycles. The summed E-state index contributed by atoms with van der Waals surface area (Å²) in [6, 6.07) is 2.19. The van der Waals surface area contributed by atoms with Crippen molar-refractivity contribution in [2.24, 2.45) is 0 Å². The molecule has 0 radical (unpaired) electrons. The number of nitrogens with zero attached hydrogens (tertiary/aromatic N) is 2. The Balaban J connectivity index is 2.23. The maximum Gasteiger partial charge on any atom is 0.254 e. The van der Waals surface area contributed by atoms with E-state index in [2.05, 4.69) is 36.1 Å². The van der Waals surface area contributed by atoms with Crippen molar-refractivity contribution in [1.82, 2.24) is 15.2 Å². The van der Waals surface area contributed by atoms with Crippen LogP contribution < -0.4 is 11.1 Å². The number of nitrogen functional groups attached to an aromatic ring is 1. The highest BCUT2D eigenvalue weighted by molar-refractivity contribution is 5.98. The summed E-state index contributed by atoms with van der Waals surface area (Å²) in [5.41, 5.74) is 6.63. The van der Waals surface area contributed by atoms with E-state index in [0.717, 1.165) is 19.4 Å². The summed E-state index contributed by atoms with van der Waals surface area (Å²) in [5.74, 6) is -0.150. The molecular weight excluding hydrogens is 240 g/mol. The maximum absolute atomic E-state index is 11.8. The minimum atomic E-state index is -0.150. The van der Waals surface area contributed by atoms with Gasteiger partial charge in [-0.3, -0.25) is 9.78 Å². The second-order valence-electron chi connectivity index (χ2n) is 5.00. The van der Waals surface area contributed by atoms with Crippen molar-refractivity contribution in [2.45, 2.75) is 32.7 Å². The number of rotatable bonds is 7. The molecule has 1 aromatic rings. The first-order chi connectivity index (χ1) is 9.02. The highest BCUT2D eigenvalue weighted by Crippen LogP contribution is 2.07. The molecule has 106 valence electrons. The lowest BCUT2D eigenvalue weighted by atomic mass is 10.2. The SMILES string of the molecule is CC(C)N(C)CCCCNC(=O)c1cnccc1N. The molecular formula is C14H24N4O. The smallest absolute Gasteiger partial charge is 0.254 e. The fourth-order valence-corrected chi connectivity index (χ4v) is 1.64. The molecule has 1 rings (SSSR count). The third-order valence-electron chi connectivity index (χ3n) is 3.20. The standard InChI is InChI=1S/C14H24N4O/c1-11(2)18(3)9-5-4-7-17-14(19)12-10-16-8-6-13(12)15/h6,8,10-11H,4-5,7,9H2,1-3H3,(H2,15,16)(H,17,19). The number of hydrogen-bond donors (Lipinski definition) is 2. The van der Waals surface area contributed by atoms with E-state index in [-0.39, 0.29) is 5.91 Å². The number of amides is 1. The van der Waals surface area contributed by atoms with Crippen LogP contribution in [0.15, 0.2) is 18.5 Å². The third kappa shape index (κ3) is 5.26. The Kier molecular flexibility index (Phi) is 6.29. The van der Waals surface area contributed by atoms with Gasteiger partial charge in [-0.1, -0.05) is 0 Å². The molecule has 0 fully saturated rings. The first kappa shape index (κ1) is 15.4. The minimum Gasteiger partial charge on any atom is -0.398 e. The molecule has 0 atom stereocenters. The van der Waals surface area contributed by atoms with Gasteiger partial charge in [-0.15, -0.1) is 0 Å². The Bertz CT molecular complexity index is 406. The second kappa shape index (κ2) is 7.74. The Labute approximate surface area is 115 Å². The zero-order valence-electron chi connectivity index (χ0n) is 12.0. The summed E-state index contributed by atoms with van der Waals surface area (Å²) in [5, 5.41) is 2.87. The predicted octanol–water partition coefficient (Wildman–Crippen LogP) is 1.51. The van der Waals surface area contributed by atoms with Crippen LogP contribution in [0.1, 0.15) is 37.0 Å². The number of nitrogens with two attached hydrogens (primary N) is 1. The van der Waals surface area contributed by atoms with Gasteiger partial charge in [0, 0.05) is 30.7 Å². The molecule has 0 aliphatic rings. The van der Waals surface area contributed by atoms with Crippen LogP contribution in [0, 0.1) is 0 Å². The van der Waals surface area contributed by atoms with E-state index in [1.54, 1.807) is 12.3 Å². The molecule has 1 aromatic heterocycles. The maximum atomic E-state index is 11.8. The van der Waals surface area contributed by atoms with Gasteiger partial charge in [-0.05, 0) is 46.3 Å². The molecule has 0 unspecified atom stereocenters. The third-order valence-corrected chi connectivity index (χ3v) is 3.20. The lowest BCUT2D eigenvalue weighted by Gasteiger charge is -2.20. The van der Waals surface area contributed by atoms with E-state index in [9.17, 15) is 4.79 Å². The van der Waals surface area contributed by atoms with Crippen molar-refractivity contribution in [3.63, 3.8) is 0 Å². The van der Waals surface area contributed by atoms with Crippen LogP contribution in [0.5, 0.6) is 0 Å². The van der Waals surface area contributed by atoms with Gasteiger partial charge < -0.3 is 16.0 Å². The molecule has 3 N–H and O–H groups in total. The largest absolute Gasteiger partial charge is 0.398 e. The molecule has 0 aromatic carbocycles. The first-order valence-corrected chi connectivity index (χ1v) is 6.70. The normalized spacial score (nSPS) is 11.0. The Morgan fingerprint density at radius 3 is 2.84 bits per heavy atom. The fraction of sp³-hybridized carbons (Fsp3) is 0.571. The van der Waals surface area contributed by atoms with Gasteiger partial charge in [0.2, 0.25) is 0 Å². The van der Waals surface area contributed by atoms with Crippen molar-refractivity contribution >= 4 is 11.6 Å². The molecule has 1 heterocycles. The number of aromatic nitrogens is 1. The van der Waals surface area contributed by atoms with Gasteiger partial charge in [-0.2, -0.15) is 0 Å². The summed E-state index contributed by atoms with van der Waals surface area (Å²) >= 11 is 0. The van der Waals surface area contributed by atoms with Gasteiger partial charge in [0.1, 0.15) is 0 Å². The van der Waals surface area contributed by atoms with Crippen molar-refractivity contribution in [3.8, 4) is 0 Å². The molecule has 0 spiro atoms. The van der Waals surface area contributed by atoms with Crippen LogP contribution in [0.2, 0.25) is 0 Å². The lowest BCUT2D eigenvalue weighted by molar-refractivity contribution is 0.0953. The van der Waals surface area contributed by atoms with Crippen LogP contribution in [0.25, 0.3) is 0 Å². The predicted molar refractivity (Wildman–Crippen MR) is 78.0 cm³/mol. The van der Waals surface area contributed by atoms with Gasteiger partial charge in [0.15, 0.2) is 0 Å². The molecule has 1 amide bonds. The second-order valence-corrected chi connectivity index (χ2v) is 5.00. The number of nitrogens with one attached hydrogen (secondary N) is 1. The fourth-order valence-electron chi connectivity index (χ4n) is 1.64. The molecule has 0 aliphatic carbocycles. The van der Waals surface area contributed by atoms with E-state index < -0.39 is 0 Å². The minimum absolute atomic E-state index is 0.150. The van der Waals surface area contributed by atoms with Crippen LogP contribution >= 0.6 is 0 Å². The average molecular weight is 264 g/mol. The Morgan fingerprint density at radius 2 is 2.21 bits per heavy atom. The summed E-state index contributed by atoms with van der Waals surface area (Å²) < 4.78 is 0. The molecule has 0 saturated heterocycles. The summed E-state index contributed by atoms with van der Waals surface area (Å²) in [6.07, 6.45) is 5.10. The molecule has 5 heteroatoms. The quantitative estimate of drug-likeness (QED) is 0.732. The first-order valence-electron chi connectivity index (χ1n) is 6.70. The number of unbranched alkanes of at least 4 members (excludes halogenated alkanes) is 1. The van der Waals surface area contributed by atoms with E-state index in [1.165, 1.54) is 6.20 Å². The van der Waals surface area contributed by atoms with Crippen molar-refractivity contribution in [1.29, 1.82) is 0 Å². The number of hydrogen-bond acceptors (Lipinski definition) is 4. The summed E-state index contributed by atoms with van der Waals surface area (Å²) in [6.45, 7) is 6.06. The van der Waals surface area contributed by atoms with Gasteiger partial charge in [0.25, 0.3) is 5.91 Å². The van der Waals surface area contributed by atoms with Crippen LogP contribution in [0.4, 0.5) is 5.69 Å². The number of carbonyl (C=O) groups is 1. The number of anilines is 1. The lowest BCUT2D eigenvalue weighted by Crippen LogP contribution is -2.29. The van der Waals surface area contributed by atoms with Crippen LogP contribution in [-0.4, -0.2) is 42.0 Å². The monoisotopic (exact) mass is 264 g/mol. The molecule has 19 heavy (non-hydrogen) atoms. The highest BCUT2D eigenvalue weighted by Gasteiger charge is 2.08. The zero-order chi connectivity index (χ0) is 14.3. The van der Waals surface area contributed by atoms with Crippen molar-refractivity contribution in [3.05, 3.63) is 24.0 Å². The molecule has 0 bridgehead atoms. The van der Waals surface area contributed by atoms with Crippen LogP contribution in [0.3, 0.4) is 0 Å². The Hall–Kier alpha value is -1.62. The van der Waals surface area contributed by atoms with E-state index in [0.29, 0.717) is 23.8 Å². The van der Waals surface area contributed by atoms with E-state index >= 15 is 0 Å². The van der Waals surface area contributed by atoms with Crippen molar-refractivity contribution in [2.75, 3.05) is 25.9 Å². The zero-order valence-corrected chi connectivity index (χ0v) is 12.0. The average Bonchev–Trinajstić information content (AvgIpc) is 2.38. The summed E-state index contributed by atoms with van der Waals surface area (Å²) in [4.78, 5) is 18.0.